The standard InChI is InChI=1S/C18H20O2/c1-12(19)15-10-14-8-5-9-16(14)17(11-15)18(20)13-6-3-2-4-7-13/h2-4,6-7,10,15-17H,5,8-9,11H2,1H3/t15-,16-,17+/m0/s1. The number of carbonyl (C=O) groups excluding carboxylic acids is 2. The molecule has 1 aromatic carbocycles. The first-order chi connectivity index (χ1) is 9.66. The van der Waals surface area contributed by atoms with Crippen molar-refractivity contribution in [3.05, 3.63) is 47.5 Å². The van der Waals surface area contributed by atoms with Gasteiger partial charge in [-0.1, -0.05) is 42.0 Å². The highest BCUT2D eigenvalue weighted by Gasteiger charge is 2.39. The number of hydrogen-bond acceptors (Lipinski definition) is 2. The van der Waals surface area contributed by atoms with E-state index in [0.717, 1.165) is 24.8 Å². The highest BCUT2D eigenvalue weighted by molar-refractivity contribution is 5.99. The van der Waals surface area contributed by atoms with E-state index in [1.807, 2.05) is 30.3 Å². The average molecular weight is 268 g/mol. The number of allylic oxidation sites excluding steroid dienone is 2. The summed E-state index contributed by atoms with van der Waals surface area (Å²) in [6.45, 7) is 1.64. The lowest BCUT2D eigenvalue weighted by Crippen LogP contribution is -2.31. The summed E-state index contributed by atoms with van der Waals surface area (Å²) in [6, 6.07) is 9.51. The van der Waals surface area contributed by atoms with Crippen molar-refractivity contribution >= 4 is 11.6 Å². The van der Waals surface area contributed by atoms with Crippen LogP contribution in [0, 0.1) is 17.8 Å². The van der Waals surface area contributed by atoms with Crippen LogP contribution in [0.4, 0.5) is 0 Å². The van der Waals surface area contributed by atoms with E-state index in [9.17, 15) is 9.59 Å². The monoisotopic (exact) mass is 268 g/mol. The Bertz CT molecular complexity index is 556. The van der Waals surface area contributed by atoms with Crippen molar-refractivity contribution < 1.29 is 9.59 Å². The van der Waals surface area contributed by atoms with Crippen molar-refractivity contribution in [3.63, 3.8) is 0 Å². The van der Waals surface area contributed by atoms with Gasteiger partial charge >= 0.3 is 0 Å². The first-order valence-corrected chi connectivity index (χ1v) is 7.47. The molecule has 0 unspecified atom stereocenters. The molecule has 0 heterocycles. The number of rotatable bonds is 3. The second kappa shape index (κ2) is 5.35. The summed E-state index contributed by atoms with van der Waals surface area (Å²) in [5.41, 5.74) is 2.14. The minimum atomic E-state index is -0.0583. The van der Waals surface area contributed by atoms with E-state index in [0.29, 0.717) is 12.3 Å². The van der Waals surface area contributed by atoms with Gasteiger partial charge in [0.1, 0.15) is 5.78 Å². The van der Waals surface area contributed by atoms with Crippen LogP contribution in [0.25, 0.3) is 0 Å². The summed E-state index contributed by atoms with van der Waals surface area (Å²) in [6.07, 6.45) is 6.15. The number of Topliss-reactive ketones (excluding diaryl/α,β-unsaturated/α-hetero) is 2. The molecular formula is C18H20O2. The zero-order valence-corrected chi connectivity index (χ0v) is 11.8. The van der Waals surface area contributed by atoms with Gasteiger partial charge < -0.3 is 0 Å². The first-order valence-electron chi connectivity index (χ1n) is 7.47. The van der Waals surface area contributed by atoms with Gasteiger partial charge in [0.05, 0.1) is 0 Å². The smallest absolute Gasteiger partial charge is 0.166 e. The van der Waals surface area contributed by atoms with Crippen molar-refractivity contribution in [2.45, 2.75) is 32.6 Å². The molecule has 0 N–H and O–H groups in total. The fourth-order valence-corrected chi connectivity index (χ4v) is 3.72. The molecule has 0 spiro atoms. The molecule has 0 amide bonds. The Balaban J connectivity index is 1.91. The summed E-state index contributed by atoms with van der Waals surface area (Å²) >= 11 is 0. The van der Waals surface area contributed by atoms with Crippen molar-refractivity contribution in [3.8, 4) is 0 Å². The number of carbonyl (C=O) groups is 2. The average Bonchev–Trinajstić information content (AvgIpc) is 2.94. The predicted molar refractivity (Wildman–Crippen MR) is 78.5 cm³/mol. The SMILES string of the molecule is CC(=O)[C@H]1C=C2CCC[C@@H]2[C@H](C(=O)c2ccccc2)C1. The fourth-order valence-electron chi connectivity index (χ4n) is 3.72. The summed E-state index contributed by atoms with van der Waals surface area (Å²) in [4.78, 5) is 24.5. The van der Waals surface area contributed by atoms with Gasteiger partial charge in [0.15, 0.2) is 5.78 Å². The lowest BCUT2D eigenvalue weighted by molar-refractivity contribution is -0.120. The fraction of sp³-hybridized carbons (Fsp3) is 0.444. The van der Waals surface area contributed by atoms with Crippen molar-refractivity contribution in [2.24, 2.45) is 17.8 Å². The Kier molecular flexibility index (Phi) is 3.56. The van der Waals surface area contributed by atoms with Crippen LogP contribution in [-0.4, -0.2) is 11.6 Å². The van der Waals surface area contributed by atoms with Crippen LogP contribution >= 0.6 is 0 Å². The molecule has 0 saturated heterocycles. The lowest BCUT2D eigenvalue weighted by atomic mass is 9.71. The molecule has 0 bridgehead atoms. The molecule has 3 atom stereocenters. The van der Waals surface area contributed by atoms with Crippen LogP contribution in [0.1, 0.15) is 43.0 Å². The third-order valence-electron chi connectivity index (χ3n) is 4.78. The van der Waals surface area contributed by atoms with E-state index in [2.05, 4.69) is 6.08 Å². The van der Waals surface area contributed by atoms with Crippen molar-refractivity contribution in [1.29, 1.82) is 0 Å². The van der Waals surface area contributed by atoms with Gasteiger partial charge in [-0.3, -0.25) is 9.59 Å². The minimum absolute atomic E-state index is 0.00574. The number of fused-ring (bicyclic) bond motifs is 1. The van der Waals surface area contributed by atoms with Crippen molar-refractivity contribution in [2.75, 3.05) is 0 Å². The maximum atomic E-state index is 12.8. The zero-order chi connectivity index (χ0) is 14.1. The molecule has 3 rings (SSSR count). The number of hydrogen-bond donors (Lipinski definition) is 0. The van der Waals surface area contributed by atoms with Crippen LogP contribution in [-0.2, 0) is 4.79 Å². The first kappa shape index (κ1) is 13.3. The molecular weight excluding hydrogens is 248 g/mol. The molecule has 1 aromatic rings. The molecule has 0 aliphatic heterocycles. The summed E-state index contributed by atoms with van der Waals surface area (Å²) < 4.78 is 0. The summed E-state index contributed by atoms with van der Waals surface area (Å²) in [5, 5.41) is 0. The summed E-state index contributed by atoms with van der Waals surface area (Å²) in [7, 11) is 0. The van der Waals surface area contributed by atoms with E-state index < -0.39 is 0 Å². The third-order valence-corrected chi connectivity index (χ3v) is 4.78. The third kappa shape index (κ3) is 2.35. The summed E-state index contributed by atoms with van der Waals surface area (Å²) in [5.74, 6) is 0.715. The normalized spacial score (nSPS) is 28.6. The van der Waals surface area contributed by atoms with Crippen molar-refractivity contribution in [1.82, 2.24) is 0 Å². The predicted octanol–water partition coefficient (Wildman–Crippen LogP) is 3.82. The second-order valence-electron chi connectivity index (χ2n) is 6.03. The molecule has 2 aliphatic carbocycles. The Labute approximate surface area is 119 Å². The van der Waals surface area contributed by atoms with Crippen LogP contribution in [0.15, 0.2) is 42.0 Å². The quantitative estimate of drug-likeness (QED) is 0.617. The molecule has 2 nitrogen and oxygen atoms in total. The number of benzene rings is 1. The number of ketones is 2. The van der Waals surface area contributed by atoms with Gasteiger partial charge in [0, 0.05) is 17.4 Å². The highest BCUT2D eigenvalue weighted by Crippen LogP contribution is 2.45. The topological polar surface area (TPSA) is 34.1 Å². The Morgan fingerprint density at radius 3 is 2.60 bits per heavy atom. The molecule has 20 heavy (non-hydrogen) atoms. The molecule has 2 heteroatoms. The molecule has 1 saturated carbocycles. The van der Waals surface area contributed by atoms with Crippen LogP contribution in [0.3, 0.4) is 0 Å². The van der Waals surface area contributed by atoms with Gasteiger partial charge in [0.2, 0.25) is 0 Å². The van der Waals surface area contributed by atoms with Gasteiger partial charge in [-0.2, -0.15) is 0 Å². The Hall–Kier alpha value is -1.70. The largest absolute Gasteiger partial charge is 0.299 e. The Morgan fingerprint density at radius 2 is 1.90 bits per heavy atom. The maximum absolute atomic E-state index is 12.8. The van der Waals surface area contributed by atoms with E-state index in [1.165, 1.54) is 5.57 Å². The van der Waals surface area contributed by atoms with E-state index in [-0.39, 0.29) is 23.4 Å². The Morgan fingerprint density at radius 1 is 1.15 bits per heavy atom. The lowest BCUT2D eigenvalue weighted by Gasteiger charge is -2.31. The molecule has 1 fully saturated rings. The van der Waals surface area contributed by atoms with Crippen LogP contribution in [0.2, 0.25) is 0 Å². The van der Waals surface area contributed by atoms with Crippen LogP contribution in [0.5, 0.6) is 0 Å². The molecule has 2 aliphatic rings. The van der Waals surface area contributed by atoms with Gasteiger partial charge in [-0.05, 0) is 38.5 Å². The molecule has 104 valence electrons. The van der Waals surface area contributed by atoms with Crippen LogP contribution < -0.4 is 0 Å². The molecule has 0 aromatic heterocycles. The van der Waals surface area contributed by atoms with Gasteiger partial charge in [0.25, 0.3) is 0 Å². The van der Waals surface area contributed by atoms with E-state index in [1.54, 1.807) is 6.92 Å². The highest BCUT2D eigenvalue weighted by atomic mass is 16.1. The maximum Gasteiger partial charge on any atom is 0.166 e. The van der Waals surface area contributed by atoms with Gasteiger partial charge in [-0.15, -0.1) is 0 Å². The van der Waals surface area contributed by atoms with E-state index in [4.69, 9.17) is 0 Å². The van der Waals surface area contributed by atoms with Gasteiger partial charge in [-0.25, -0.2) is 0 Å². The molecule has 0 radical (unpaired) electrons. The van der Waals surface area contributed by atoms with E-state index >= 15 is 0 Å². The minimum Gasteiger partial charge on any atom is -0.299 e. The zero-order valence-electron chi connectivity index (χ0n) is 11.8. The second-order valence-corrected chi connectivity index (χ2v) is 6.03.